The van der Waals surface area contributed by atoms with Crippen LogP contribution in [-0.2, 0) is 16.1 Å². The van der Waals surface area contributed by atoms with Crippen molar-refractivity contribution in [2.24, 2.45) is 5.41 Å². The molecule has 0 saturated carbocycles. The smallest absolute Gasteiger partial charge is 0.228 e. The van der Waals surface area contributed by atoms with Crippen molar-refractivity contribution in [3.05, 3.63) is 66.1 Å². The summed E-state index contributed by atoms with van der Waals surface area (Å²) in [5.41, 5.74) is 1.43. The first kappa shape index (κ1) is 23.1. The van der Waals surface area contributed by atoms with E-state index in [4.69, 9.17) is 9.15 Å². The maximum absolute atomic E-state index is 12.4. The second kappa shape index (κ2) is 10.1. The number of aromatic nitrogens is 1. The maximum Gasteiger partial charge on any atom is 0.228 e. The zero-order valence-corrected chi connectivity index (χ0v) is 18.9. The van der Waals surface area contributed by atoms with Crippen LogP contribution in [0.5, 0.6) is 5.75 Å². The van der Waals surface area contributed by atoms with E-state index in [1.165, 1.54) is 0 Å². The van der Waals surface area contributed by atoms with E-state index in [0.717, 1.165) is 5.75 Å². The van der Waals surface area contributed by atoms with E-state index < -0.39 is 5.41 Å². The van der Waals surface area contributed by atoms with Gasteiger partial charge in [0, 0.05) is 5.41 Å². The molecule has 0 aliphatic rings. The summed E-state index contributed by atoms with van der Waals surface area (Å²) in [4.78, 5) is 29.1. The molecule has 2 N–H and O–H groups in total. The second-order valence-electron chi connectivity index (χ2n) is 8.46. The fraction of sp³-hybridized carbons (Fsp3) is 0.320. The molecule has 7 heteroatoms. The van der Waals surface area contributed by atoms with Crippen LogP contribution in [0.25, 0.3) is 11.5 Å². The third-order valence-corrected chi connectivity index (χ3v) is 4.76. The number of benzene rings is 2. The zero-order chi connectivity index (χ0) is 23.1. The highest BCUT2D eigenvalue weighted by molar-refractivity contribution is 5.94. The molecular formula is C25H29N3O4. The number of oxazole rings is 1. The number of rotatable bonds is 8. The van der Waals surface area contributed by atoms with Crippen LogP contribution < -0.4 is 15.4 Å². The van der Waals surface area contributed by atoms with Gasteiger partial charge in [-0.2, -0.15) is 0 Å². The molecule has 7 nitrogen and oxygen atoms in total. The van der Waals surface area contributed by atoms with E-state index in [1.807, 2.05) is 69.3 Å². The summed E-state index contributed by atoms with van der Waals surface area (Å²) in [6.07, 6.45) is 0.206. The molecule has 168 valence electrons. The highest BCUT2D eigenvalue weighted by Gasteiger charge is 2.22. The number of aryl methyl sites for hydroxylation is 1. The van der Waals surface area contributed by atoms with Crippen LogP contribution in [-0.4, -0.2) is 23.4 Å². The van der Waals surface area contributed by atoms with Crippen LogP contribution in [0.4, 0.5) is 5.69 Å². The first-order chi connectivity index (χ1) is 15.2. The molecule has 0 saturated heterocycles. The number of nitrogens with one attached hydrogen (secondary N) is 2. The molecule has 3 rings (SSSR count). The van der Waals surface area contributed by atoms with Gasteiger partial charge < -0.3 is 19.8 Å². The predicted molar refractivity (Wildman–Crippen MR) is 123 cm³/mol. The molecule has 0 aliphatic carbocycles. The van der Waals surface area contributed by atoms with Crippen LogP contribution in [0.15, 0.2) is 59.0 Å². The van der Waals surface area contributed by atoms with Gasteiger partial charge in [-0.25, -0.2) is 4.98 Å². The molecular weight excluding hydrogens is 406 g/mol. The van der Waals surface area contributed by atoms with Gasteiger partial charge in [0.1, 0.15) is 17.2 Å². The third kappa shape index (κ3) is 6.20. The van der Waals surface area contributed by atoms with Crippen molar-refractivity contribution in [2.45, 2.75) is 40.7 Å². The Morgan fingerprint density at radius 3 is 2.44 bits per heavy atom. The standard InChI is InChI=1S/C25H29N3O4/c1-17-21(16-26-24(30)25(2,3)4)28-23(32-17)19-12-8-9-13-20(19)27-22(29)14-15-31-18-10-6-5-7-11-18/h5-13H,14-16H2,1-4H3,(H,26,30)(H,27,29). The van der Waals surface area contributed by atoms with Crippen molar-refractivity contribution in [2.75, 3.05) is 11.9 Å². The minimum Gasteiger partial charge on any atom is -0.493 e. The van der Waals surface area contributed by atoms with Crippen molar-refractivity contribution in [1.29, 1.82) is 0 Å². The topological polar surface area (TPSA) is 93.5 Å². The summed E-state index contributed by atoms with van der Waals surface area (Å²) >= 11 is 0. The first-order valence-corrected chi connectivity index (χ1v) is 10.6. The molecule has 0 bridgehead atoms. The van der Waals surface area contributed by atoms with Crippen molar-refractivity contribution in [3.8, 4) is 17.2 Å². The second-order valence-corrected chi connectivity index (χ2v) is 8.46. The summed E-state index contributed by atoms with van der Waals surface area (Å²) in [6.45, 7) is 7.91. The molecule has 1 heterocycles. The van der Waals surface area contributed by atoms with Crippen LogP contribution in [0.2, 0.25) is 0 Å². The minimum atomic E-state index is -0.485. The summed E-state index contributed by atoms with van der Waals surface area (Å²) in [7, 11) is 0. The van der Waals surface area contributed by atoms with Gasteiger partial charge in [0.25, 0.3) is 0 Å². The lowest BCUT2D eigenvalue weighted by atomic mass is 9.96. The highest BCUT2D eigenvalue weighted by atomic mass is 16.5. The molecule has 0 fully saturated rings. The average molecular weight is 436 g/mol. The van der Waals surface area contributed by atoms with Gasteiger partial charge in [-0.05, 0) is 31.2 Å². The Bertz CT molecular complexity index is 1070. The molecule has 0 spiro atoms. The monoisotopic (exact) mass is 435 g/mol. The molecule has 0 unspecified atom stereocenters. The summed E-state index contributed by atoms with van der Waals surface area (Å²) in [5.74, 6) is 1.49. The van der Waals surface area contributed by atoms with Crippen LogP contribution in [0.1, 0.15) is 38.6 Å². The Hall–Kier alpha value is -3.61. The van der Waals surface area contributed by atoms with Gasteiger partial charge in [0.15, 0.2) is 0 Å². The van der Waals surface area contributed by atoms with Gasteiger partial charge in [0.2, 0.25) is 17.7 Å². The third-order valence-electron chi connectivity index (χ3n) is 4.76. The summed E-state index contributed by atoms with van der Waals surface area (Å²) < 4.78 is 11.4. The molecule has 2 amide bonds. The van der Waals surface area contributed by atoms with Crippen molar-refractivity contribution >= 4 is 17.5 Å². The van der Waals surface area contributed by atoms with E-state index in [2.05, 4.69) is 15.6 Å². The van der Waals surface area contributed by atoms with Crippen molar-refractivity contribution in [1.82, 2.24) is 10.3 Å². The SMILES string of the molecule is Cc1oc(-c2ccccc2NC(=O)CCOc2ccccc2)nc1CNC(=O)C(C)(C)C. The van der Waals surface area contributed by atoms with Crippen LogP contribution in [0.3, 0.4) is 0 Å². The molecule has 32 heavy (non-hydrogen) atoms. The number of para-hydroxylation sites is 2. The van der Waals surface area contributed by atoms with Gasteiger partial charge in [-0.15, -0.1) is 0 Å². The molecule has 1 aromatic heterocycles. The molecule has 0 radical (unpaired) electrons. The minimum absolute atomic E-state index is 0.0631. The molecule has 0 aliphatic heterocycles. The predicted octanol–water partition coefficient (Wildman–Crippen LogP) is 4.72. The van der Waals surface area contributed by atoms with Crippen molar-refractivity contribution in [3.63, 3.8) is 0 Å². The Balaban J connectivity index is 1.64. The largest absolute Gasteiger partial charge is 0.493 e. The summed E-state index contributed by atoms with van der Waals surface area (Å²) in [6, 6.07) is 16.7. The number of hydrogen-bond donors (Lipinski definition) is 2. The Kier molecular flexibility index (Phi) is 7.30. The van der Waals surface area contributed by atoms with Crippen LogP contribution >= 0.6 is 0 Å². The first-order valence-electron chi connectivity index (χ1n) is 10.6. The molecule has 0 atom stereocenters. The van der Waals surface area contributed by atoms with Gasteiger partial charge in [-0.3, -0.25) is 9.59 Å². The zero-order valence-electron chi connectivity index (χ0n) is 18.9. The average Bonchev–Trinajstić information content (AvgIpc) is 3.12. The molecule has 2 aromatic carbocycles. The number of amides is 2. The number of nitrogens with zero attached hydrogens (tertiary/aromatic N) is 1. The fourth-order valence-electron chi connectivity index (χ4n) is 2.91. The maximum atomic E-state index is 12.4. The van der Waals surface area contributed by atoms with Crippen molar-refractivity contribution < 1.29 is 18.7 Å². The summed E-state index contributed by atoms with van der Waals surface area (Å²) in [5, 5.41) is 5.79. The lowest BCUT2D eigenvalue weighted by Crippen LogP contribution is -2.34. The van der Waals surface area contributed by atoms with Gasteiger partial charge in [0.05, 0.1) is 30.8 Å². The lowest BCUT2D eigenvalue weighted by Gasteiger charge is -2.16. The van der Waals surface area contributed by atoms with E-state index in [9.17, 15) is 9.59 Å². The van der Waals surface area contributed by atoms with E-state index in [0.29, 0.717) is 28.6 Å². The van der Waals surface area contributed by atoms with E-state index in [-0.39, 0.29) is 31.4 Å². The Morgan fingerprint density at radius 2 is 1.72 bits per heavy atom. The number of carbonyl (C=O) groups is 2. The Labute approximate surface area is 188 Å². The molecule has 3 aromatic rings. The highest BCUT2D eigenvalue weighted by Crippen LogP contribution is 2.29. The van der Waals surface area contributed by atoms with E-state index in [1.54, 1.807) is 13.0 Å². The van der Waals surface area contributed by atoms with E-state index >= 15 is 0 Å². The van der Waals surface area contributed by atoms with Crippen LogP contribution in [0, 0.1) is 12.3 Å². The fourth-order valence-corrected chi connectivity index (χ4v) is 2.91. The normalized spacial score (nSPS) is 11.1. The quantitative estimate of drug-likeness (QED) is 0.534. The number of anilines is 1. The number of carbonyl (C=O) groups excluding carboxylic acids is 2. The number of hydrogen-bond acceptors (Lipinski definition) is 5. The van der Waals surface area contributed by atoms with Gasteiger partial charge in [-0.1, -0.05) is 51.1 Å². The van der Waals surface area contributed by atoms with Gasteiger partial charge >= 0.3 is 0 Å². The lowest BCUT2D eigenvalue weighted by molar-refractivity contribution is -0.128. The Morgan fingerprint density at radius 1 is 1.03 bits per heavy atom. The number of ether oxygens (including phenoxy) is 1.